The van der Waals surface area contributed by atoms with Crippen molar-refractivity contribution in [2.45, 2.75) is 25.0 Å². The molecule has 1 aliphatic heterocycles. The summed E-state index contributed by atoms with van der Waals surface area (Å²) >= 11 is 5.09. The van der Waals surface area contributed by atoms with Gasteiger partial charge in [-0.2, -0.15) is 0 Å². The third kappa shape index (κ3) is 3.77. The smallest absolute Gasteiger partial charge is 0.237 e. The largest absolute Gasteiger partial charge is 0.392 e. The standard InChI is InChI=1S/C11H15BrN2O2S/c12-10-2-1-8(17-10)3-4-13-11(16)9-5-7(15)6-14-9/h1-2,7,9,14-15H,3-6H2,(H,13,16)/t7-,9+/m0/s1. The molecule has 4 nitrogen and oxygen atoms in total. The van der Waals surface area contributed by atoms with E-state index < -0.39 is 0 Å². The van der Waals surface area contributed by atoms with Crippen LogP contribution in [-0.2, 0) is 11.2 Å². The number of rotatable bonds is 4. The molecule has 0 radical (unpaired) electrons. The Morgan fingerprint density at radius 3 is 3.06 bits per heavy atom. The van der Waals surface area contributed by atoms with Gasteiger partial charge in [-0.05, 0) is 40.9 Å². The van der Waals surface area contributed by atoms with Crippen LogP contribution in [0.1, 0.15) is 11.3 Å². The monoisotopic (exact) mass is 318 g/mol. The Bertz CT molecular complexity index is 397. The number of amides is 1. The van der Waals surface area contributed by atoms with Gasteiger partial charge in [-0.25, -0.2) is 0 Å². The van der Waals surface area contributed by atoms with Crippen molar-refractivity contribution in [1.82, 2.24) is 10.6 Å². The van der Waals surface area contributed by atoms with Gasteiger partial charge in [-0.1, -0.05) is 0 Å². The summed E-state index contributed by atoms with van der Waals surface area (Å²) in [7, 11) is 0. The van der Waals surface area contributed by atoms with Crippen LogP contribution >= 0.6 is 27.3 Å². The lowest BCUT2D eigenvalue weighted by atomic mass is 10.2. The molecule has 17 heavy (non-hydrogen) atoms. The number of hydrogen-bond acceptors (Lipinski definition) is 4. The first-order chi connectivity index (χ1) is 8.15. The van der Waals surface area contributed by atoms with Crippen molar-refractivity contribution in [2.24, 2.45) is 0 Å². The van der Waals surface area contributed by atoms with Gasteiger partial charge in [0.25, 0.3) is 0 Å². The predicted molar refractivity (Wildman–Crippen MR) is 71.1 cm³/mol. The quantitative estimate of drug-likeness (QED) is 0.772. The summed E-state index contributed by atoms with van der Waals surface area (Å²) < 4.78 is 1.11. The first kappa shape index (κ1) is 13.0. The lowest BCUT2D eigenvalue weighted by molar-refractivity contribution is -0.122. The van der Waals surface area contributed by atoms with E-state index in [0.717, 1.165) is 10.2 Å². The molecule has 0 aromatic carbocycles. The molecule has 1 saturated heterocycles. The number of β-amino-alcohol motifs (C(OH)–C–C–N with tert-alkyl or cyclic N) is 1. The lowest BCUT2D eigenvalue weighted by Gasteiger charge is -2.10. The molecule has 2 atom stereocenters. The Kier molecular flexibility index (Phi) is 4.55. The molecule has 0 aliphatic carbocycles. The fraction of sp³-hybridized carbons (Fsp3) is 0.545. The normalized spacial score (nSPS) is 23.9. The number of carbonyl (C=O) groups is 1. The Morgan fingerprint density at radius 2 is 2.47 bits per heavy atom. The molecule has 0 saturated carbocycles. The third-order valence-electron chi connectivity index (χ3n) is 2.72. The van der Waals surface area contributed by atoms with Gasteiger partial charge < -0.3 is 15.7 Å². The molecule has 2 rings (SSSR count). The molecule has 94 valence electrons. The lowest BCUT2D eigenvalue weighted by Crippen LogP contribution is -2.41. The summed E-state index contributed by atoms with van der Waals surface area (Å²) in [5.74, 6) is -0.0165. The van der Waals surface area contributed by atoms with E-state index in [9.17, 15) is 9.90 Å². The number of nitrogens with one attached hydrogen (secondary N) is 2. The molecule has 1 amide bonds. The minimum atomic E-state index is -0.390. The maximum Gasteiger partial charge on any atom is 0.237 e. The summed E-state index contributed by atoms with van der Waals surface area (Å²) in [5.41, 5.74) is 0. The highest BCUT2D eigenvalue weighted by atomic mass is 79.9. The number of aliphatic hydroxyl groups is 1. The highest BCUT2D eigenvalue weighted by molar-refractivity contribution is 9.11. The molecule has 1 aromatic rings. The van der Waals surface area contributed by atoms with Crippen LogP contribution in [0.2, 0.25) is 0 Å². The molecule has 3 N–H and O–H groups in total. The van der Waals surface area contributed by atoms with Crippen molar-refractivity contribution in [3.05, 3.63) is 20.8 Å². The molecular formula is C11H15BrN2O2S. The van der Waals surface area contributed by atoms with Gasteiger partial charge in [-0.15, -0.1) is 11.3 Å². The van der Waals surface area contributed by atoms with Crippen molar-refractivity contribution in [3.8, 4) is 0 Å². The van der Waals surface area contributed by atoms with Crippen LogP contribution in [0.15, 0.2) is 15.9 Å². The molecular weight excluding hydrogens is 304 g/mol. The van der Waals surface area contributed by atoms with Crippen molar-refractivity contribution < 1.29 is 9.90 Å². The summed E-state index contributed by atoms with van der Waals surface area (Å²) in [6.07, 6.45) is 0.965. The van der Waals surface area contributed by atoms with Crippen LogP contribution < -0.4 is 10.6 Å². The molecule has 0 spiro atoms. The number of thiophene rings is 1. The summed E-state index contributed by atoms with van der Waals surface area (Å²) in [6.45, 7) is 1.15. The van der Waals surface area contributed by atoms with Crippen molar-refractivity contribution in [1.29, 1.82) is 0 Å². The minimum absolute atomic E-state index is 0.0165. The van der Waals surface area contributed by atoms with Gasteiger partial charge in [0.1, 0.15) is 0 Å². The second kappa shape index (κ2) is 5.95. The molecule has 1 fully saturated rings. The molecule has 0 unspecified atom stereocenters. The van der Waals surface area contributed by atoms with E-state index in [-0.39, 0.29) is 18.1 Å². The highest BCUT2D eigenvalue weighted by Crippen LogP contribution is 2.22. The Labute approximate surface area is 113 Å². The van der Waals surface area contributed by atoms with E-state index in [1.54, 1.807) is 11.3 Å². The fourth-order valence-corrected chi connectivity index (χ4v) is 3.32. The van der Waals surface area contributed by atoms with Crippen LogP contribution in [0.5, 0.6) is 0 Å². The van der Waals surface area contributed by atoms with Crippen molar-refractivity contribution in [2.75, 3.05) is 13.1 Å². The average Bonchev–Trinajstić information content (AvgIpc) is 2.88. The van der Waals surface area contributed by atoms with Gasteiger partial charge in [0.2, 0.25) is 5.91 Å². The second-order valence-corrected chi connectivity index (χ2v) is 6.64. The summed E-state index contributed by atoms with van der Waals surface area (Å²) in [5, 5.41) is 15.2. The van der Waals surface area contributed by atoms with E-state index in [1.807, 2.05) is 6.07 Å². The van der Waals surface area contributed by atoms with Gasteiger partial charge in [0, 0.05) is 18.0 Å². The summed E-state index contributed by atoms with van der Waals surface area (Å²) in [6, 6.07) is 3.83. The maximum atomic E-state index is 11.7. The topological polar surface area (TPSA) is 61.4 Å². The van der Waals surface area contributed by atoms with Gasteiger partial charge in [-0.3, -0.25) is 4.79 Å². The molecule has 6 heteroatoms. The number of halogens is 1. The zero-order chi connectivity index (χ0) is 12.3. The minimum Gasteiger partial charge on any atom is -0.392 e. The van der Waals surface area contributed by atoms with E-state index in [0.29, 0.717) is 19.5 Å². The zero-order valence-corrected chi connectivity index (χ0v) is 11.7. The first-order valence-corrected chi connectivity index (χ1v) is 7.19. The Balaban J connectivity index is 1.70. The number of carbonyl (C=O) groups excluding carboxylic acids is 1. The molecule has 0 bridgehead atoms. The van der Waals surface area contributed by atoms with Crippen molar-refractivity contribution >= 4 is 33.2 Å². The van der Waals surface area contributed by atoms with Crippen molar-refractivity contribution in [3.63, 3.8) is 0 Å². The van der Waals surface area contributed by atoms with E-state index in [2.05, 4.69) is 32.6 Å². The first-order valence-electron chi connectivity index (χ1n) is 5.58. The molecule has 2 heterocycles. The SMILES string of the molecule is O=C(NCCc1ccc(Br)s1)[C@H]1C[C@H](O)CN1. The second-order valence-electron chi connectivity index (χ2n) is 4.10. The predicted octanol–water partition coefficient (Wildman–Crippen LogP) is 0.892. The van der Waals surface area contributed by atoms with Crippen LogP contribution in [0, 0.1) is 0 Å². The van der Waals surface area contributed by atoms with E-state index in [1.165, 1.54) is 4.88 Å². The number of hydrogen-bond donors (Lipinski definition) is 3. The Hall–Kier alpha value is -0.430. The van der Waals surface area contributed by atoms with Crippen LogP contribution in [0.25, 0.3) is 0 Å². The van der Waals surface area contributed by atoms with Crippen LogP contribution in [0.3, 0.4) is 0 Å². The summed E-state index contributed by atoms with van der Waals surface area (Å²) in [4.78, 5) is 12.9. The number of aliphatic hydroxyl groups excluding tert-OH is 1. The maximum absolute atomic E-state index is 11.7. The highest BCUT2D eigenvalue weighted by Gasteiger charge is 2.27. The van der Waals surface area contributed by atoms with Crippen LogP contribution in [-0.4, -0.2) is 36.2 Å². The third-order valence-corrected chi connectivity index (χ3v) is 4.41. The Morgan fingerprint density at radius 1 is 1.65 bits per heavy atom. The average molecular weight is 319 g/mol. The van der Waals surface area contributed by atoms with Crippen LogP contribution in [0.4, 0.5) is 0 Å². The fourth-order valence-electron chi connectivity index (χ4n) is 1.83. The van der Waals surface area contributed by atoms with Gasteiger partial charge in [0.15, 0.2) is 0 Å². The molecule has 1 aliphatic rings. The molecule has 1 aromatic heterocycles. The van der Waals surface area contributed by atoms with Gasteiger partial charge in [0.05, 0.1) is 15.9 Å². The van der Waals surface area contributed by atoms with Gasteiger partial charge >= 0.3 is 0 Å². The zero-order valence-electron chi connectivity index (χ0n) is 9.28. The van der Waals surface area contributed by atoms with E-state index >= 15 is 0 Å². The van der Waals surface area contributed by atoms with E-state index in [4.69, 9.17) is 0 Å².